The van der Waals surface area contributed by atoms with Crippen LogP contribution in [0, 0.1) is 78.1 Å². The largest absolute Gasteiger partial charge is 0.504 e. The minimum absolute atomic E-state index is 0.0263. The van der Waals surface area contributed by atoms with Gasteiger partial charge in [-0.05, 0) is 186 Å². The van der Waals surface area contributed by atoms with Crippen molar-refractivity contribution in [2.75, 3.05) is 79.8 Å². The number of phenolic OH excluding ortho intramolecular Hbond substituents is 2. The smallest absolute Gasteiger partial charge is 0.375 e. The van der Waals surface area contributed by atoms with Gasteiger partial charge in [-0.2, -0.15) is 10.5 Å². The quantitative estimate of drug-likeness (QED) is 0.0552. The minimum atomic E-state index is -1.31. The van der Waals surface area contributed by atoms with Crippen molar-refractivity contribution < 1.29 is 82.6 Å². The molecule has 0 amide bonds. The Morgan fingerprint density at radius 3 is 1.66 bits per heavy atom. The lowest BCUT2D eigenvalue weighted by Gasteiger charge is -2.62. The monoisotopic (exact) mass is 1600 g/mol. The molecule has 14 heterocycles. The molecule has 115 heavy (non-hydrogen) atoms. The van der Waals surface area contributed by atoms with E-state index in [4.69, 9.17) is 58.6 Å². The second-order valence-corrected chi connectivity index (χ2v) is 34.4. The Hall–Kier alpha value is -9.76. The zero-order chi connectivity index (χ0) is 81.6. The number of rotatable bonds is 6. The summed E-state index contributed by atoms with van der Waals surface area (Å²) >= 11 is 3.04. The number of thioether (sulfide) groups is 2. The molecule has 0 aliphatic carbocycles. The van der Waals surface area contributed by atoms with Crippen LogP contribution in [0.25, 0.3) is 21.8 Å². The Morgan fingerprint density at radius 2 is 1.16 bits per heavy atom. The highest BCUT2D eigenvalue weighted by Gasteiger charge is 2.64. The number of ketones is 1. The lowest BCUT2D eigenvalue weighted by molar-refractivity contribution is -0.158. The molecule has 4 fully saturated rings. The summed E-state index contributed by atoms with van der Waals surface area (Å²) in [4.78, 5) is 65.2. The number of nitriles is 2. The number of hydrogen-bond donors (Lipinski definition) is 9. The number of Topliss-reactive ketones (excluding diaryl/α,β-unsaturated/α-hetero) is 1. The Balaban J connectivity index is 0.000000144. The van der Waals surface area contributed by atoms with Gasteiger partial charge in [-0.15, -0.1) is 23.5 Å². The zero-order valence-corrected chi connectivity index (χ0v) is 68.1. The SMILES string of the molecule is CC(=O)O.COc1c(C)cc2c(c1O)[C@@H]1[C@@H]3[C@@H]4SCC(=O)C(=O)OC[C@@H](c5c6c(c(C)c(C)c54)OCO6)N3[C@@H](C#N)[C@H](C2)N1C.COc1c(C)cc2c(c1O)[C@@H]1[C@@H]3[C@@H]4SC[C@]5(N[C@@H](CO)Cc6c5[nH]c5ccc(C)cc65)C(=O)OC[C@@H](c5c6c(c(C)c(C)c54)OCO6)N3[C@@H](C#N)[C@H](C2)N1C.Cc1ccc2[nH]cc(C[C@@H](N)CO)c2c1. The molecule has 1 spiro atoms. The first-order valence-corrected chi connectivity index (χ1v) is 40.9. The number of aromatic hydroxyl groups is 2. The van der Waals surface area contributed by atoms with E-state index in [1.165, 1.54) is 28.3 Å². The van der Waals surface area contributed by atoms with Crippen LogP contribution < -0.4 is 39.5 Å². The third kappa shape index (κ3) is 12.5. The van der Waals surface area contributed by atoms with Crippen LogP contribution in [0.15, 0.2) is 54.7 Å². The van der Waals surface area contributed by atoms with Crippen molar-refractivity contribution in [1.29, 1.82) is 10.5 Å². The van der Waals surface area contributed by atoms with Gasteiger partial charge >= 0.3 is 11.9 Å². The first-order valence-electron chi connectivity index (χ1n) is 38.8. The summed E-state index contributed by atoms with van der Waals surface area (Å²) in [5.74, 6) is 1.19. The van der Waals surface area contributed by atoms with Crippen LogP contribution in [0.4, 0.5) is 0 Å². The highest BCUT2D eigenvalue weighted by atomic mass is 32.2. The molecule has 10 N–H and O–H groups in total. The van der Waals surface area contributed by atoms with Crippen LogP contribution in [0.2, 0.25) is 0 Å². The number of aliphatic hydroxyl groups is 2. The number of cyclic esters (lactones) is 1. The third-order valence-corrected chi connectivity index (χ3v) is 28.6. The fourth-order valence-corrected chi connectivity index (χ4v) is 23.8. The number of methoxy groups -OCH3 is 2. The van der Waals surface area contributed by atoms with E-state index in [1.54, 1.807) is 26.0 Å². The zero-order valence-electron chi connectivity index (χ0n) is 66.5. The number of ether oxygens (including phenoxy) is 8. The molecule has 12 aliphatic rings. The molecular weight excluding hydrogens is 1510 g/mol. The number of aromatic nitrogens is 2. The number of esters is 2. The van der Waals surface area contributed by atoms with E-state index in [0.29, 0.717) is 60.2 Å². The standard InChI is InChI=1S/C42H45N5O7S.C30H31N3O7S.C12H16N2O.C2H4O2/c1-18-7-8-26-24(9-18)25-12-23(14-48)45-42(40(25)44-26)16-55-39-30-20(3)21(4)37-38(54-17-53-37)32(30)29(15-52-41(42)50)47-28(13-43)27-11-22-10-19(2)36(51-6)35(49)31(22)33(34(39)47)46(27)5;1-12-6-15-7-16-17(8-31)33-18-9-38-30(36)19(34)10-41-29(20-13(2)14(3)27-28(22(18)20)40-11-39-27)24(33)23(32(16)4)21(15)25(35)26(12)37-5;1-8-2-3-12-11(4-8)9(6-14-12)5-10(13)7-15;1-2(3)4/h7-10,23,27-29,33-34,39,44-45,48-49H,11-12,14-17H2,1-6H3;6,16-18,23-24,29,35H,7,9-11H2,1-5H3;2-4,6,10,14-15H,5,7,13H2,1H3;1H3,(H,3,4)/t23-,27+,28+,29+,33-,34-,39-,42-;16-,17-,18-,23+,24+,29+;10-;/m101./s1. The number of nitrogens with zero attached hydrogens (tertiary/aromatic N) is 6. The number of piperazine rings is 2. The highest BCUT2D eigenvalue weighted by Crippen LogP contribution is 2.66. The van der Waals surface area contributed by atoms with Crippen molar-refractivity contribution in [1.82, 2.24) is 34.9 Å². The molecule has 29 heteroatoms. The van der Waals surface area contributed by atoms with Gasteiger partial charge in [0.1, 0.15) is 25.3 Å². The van der Waals surface area contributed by atoms with Gasteiger partial charge in [-0.3, -0.25) is 34.5 Å². The van der Waals surface area contributed by atoms with Gasteiger partial charge in [-0.1, -0.05) is 35.4 Å². The topological polar surface area (TPSA) is 373 Å². The van der Waals surface area contributed by atoms with Gasteiger partial charge in [0.2, 0.25) is 19.4 Å². The van der Waals surface area contributed by atoms with E-state index < -0.39 is 53.4 Å². The number of carboxylic acid groups (broad SMARTS) is 1. The number of aromatic amines is 2. The second-order valence-electron chi connectivity index (χ2n) is 32.2. The van der Waals surface area contributed by atoms with Crippen LogP contribution in [-0.4, -0.2) is 207 Å². The molecule has 2 aromatic heterocycles. The van der Waals surface area contributed by atoms with Gasteiger partial charge < -0.3 is 79.1 Å². The number of H-pyrrole nitrogens is 2. The van der Waals surface area contributed by atoms with Crippen molar-refractivity contribution in [2.45, 2.75) is 177 Å². The number of carbonyl (C=O) groups is 4. The molecule has 604 valence electrons. The number of carboxylic acids is 1. The maximum absolute atomic E-state index is 15.0. The maximum Gasteiger partial charge on any atom is 0.375 e. The highest BCUT2D eigenvalue weighted by molar-refractivity contribution is 8.00. The van der Waals surface area contributed by atoms with Crippen LogP contribution in [0.5, 0.6) is 46.0 Å². The predicted molar refractivity (Wildman–Crippen MR) is 429 cm³/mol. The summed E-state index contributed by atoms with van der Waals surface area (Å²) in [7, 11) is 7.21. The number of aryl methyl sites for hydroxylation is 4. The lowest BCUT2D eigenvalue weighted by Crippen LogP contribution is -2.69. The molecule has 0 saturated carbocycles. The normalized spacial score (nSPS) is 27.4. The number of carbonyl (C=O) groups excluding carboxylic acids is 3. The van der Waals surface area contributed by atoms with Gasteiger partial charge in [0.15, 0.2) is 51.5 Å². The van der Waals surface area contributed by atoms with E-state index in [0.717, 1.165) is 118 Å². The van der Waals surface area contributed by atoms with Gasteiger partial charge in [0.05, 0.1) is 75.2 Å². The summed E-state index contributed by atoms with van der Waals surface area (Å²) in [6.07, 6.45) is 4.35. The molecular formula is C86H96N10O17S2. The van der Waals surface area contributed by atoms with Crippen molar-refractivity contribution in [3.8, 4) is 58.1 Å². The van der Waals surface area contributed by atoms with E-state index in [-0.39, 0.29) is 122 Å². The Labute approximate surface area is 674 Å². The summed E-state index contributed by atoms with van der Waals surface area (Å²) in [5, 5.41) is 77.9. The molecule has 8 bridgehead atoms. The fourth-order valence-electron chi connectivity index (χ4n) is 20.6. The number of likely N-dealkylation sites (N-methyl/N-ethyl adjacent to an activating group) is 2. The molecule has 27 nitrogen and oxygen atoms in total. The van der Waals surface area contributed by atoms with Crippen molar-refractivity contribution in [2.24, 2.45) is 5.73 Å². The number of hydrogen-bond acceptors (Lipinski definition) is 26. The van der Waals surface area contributed by atoms with Crippen LogP contribution >= 0.6 is 23.5 Å². The van der Waals surface area contributed by atoms with Crippen molar-refractivity contribution >= 4 is 69.0 Å². The minimum Gasteiger partial charge on any atom is -0.504 e. The molecule has 0 unspecified atom stereocenters. The number of nitrogens with one attached hydrogen (secondary N) is 3. The van der Waals surface area contributed by atoms with Crippen LogP contribution in [-0.2, 0) is 59.9 Å². The average molecular weight is 1610 g/mol. The Morgan fingerprint density at radius 1 is 0.661 bits per heavy atom. The van der Waals surface area contributed by atoms with Crippen LogP contribution in [0.1, 0.15) is 147 Å². The summed E-state index contributed by atoms with van der Waals surface area (Å²) in [5.41, 5.74) is 24.9. The van der Waals surface area contributed by atoms with Gasteiger partial charge in [0.25, 0.3) is 5.97 Å². The second kappa shape index (κ2) is 30.4. The van der Waals surface area contributed by atoms with E-state index in [9.17, 15) is 40.2 Å². The molecule has 15 atom stereocenters. The van der Waals surface area contributed by atoms with Crippen molar-refractivity contribution in [3.63, 3.8) is 0 Å². The van der Waals surface area contributed by atoms with E-state index in [2.05, 4.69) is 124 Å². The maximum atomic E-state index is 15.0. The number of aliphatic carboxylic acids is 1. The number of fused-ring (bicyclic) bond motifs is 21. The van der Waals surface area contributed by atoms with Gasteiger partial charge in [-0.25, -0.2) is 9.59 Å². The molecule has 20 rings (SSSR count). The molecule has 6 aromatic carbocycles. The van der Waals surface area contributed by atoms with E-state index in [1.807, 2.05) is 47.0 Å². The Bertz CT molecular complexity index is 5440. The number of benzene rings is 6. The number of phenols is 2. The molecule has 12 aliphatic heterocycles. The average Bonchev–Trinajstić information content (AvgIpc) is 1.09. The lowest BCUT2D eigenvalue weighted by atomic mass is 9.71. The molecule has 4 saturated heterocycles. The summed E-state index contributed by atoms with van der Waals surface area (Å²) in [6, 6.07) is 17.4. The molecule has 8 aromatic rings. The fraction of sp³-hybridized carbons (Fsp3) is 0.465. The van der Waals surface area contributed by atoms with Crippen LogP contribution in [0.3, 0.4) is 0 Å². The predicted octanol–water partition coefficient (Wildman–Crippen LogP) is 9.42. The summed E-state index contributed by atoms with van der Waals surface area (Å²) in [6.45, 7) is 17.2. The first kappa shape index (κ1) is 79.1. The van der Waals surface area contributed by atoms with Gasteiger partial charge in [0, 0.05) is 110 Å². The number of nitrogens with two attached hydrogens (primary N) is 1. The molecule has 0 radical (unpaired) electrons. The third-order valence-electron chi connectivity index (χ3n) is 25.8. The first-order chi connectivity index (χ1) is 55.1. The van der Waals surface area contributed by atoms with E-state index >= 15 is 0 Å². The van der Waals surface area contributed by atoms with Crippen molar-refractivity contribution in [3.05, 3.63) is 161 Å². The Kier molecular flexibility index (Phi) is 20.9. The number of aliphatic hydroxyl groups excluding tert-OH is 2. The summed E-state index contributed by atoms with van der Waals surface area (Å²) < 4.78 is 48.0.